The Hall–Kier alpha value is -3.27. The average Bonchev–Trinajstić information content (AvgIpc) is 2.67. The highest BCUT2D eigenvalue weighted by Gasteiger charge is 2.21. The molecule has 0 amide bonds. The van der Waals surface area contributed by atoms with Crippen molar-refractivity contribution in [3.8, 4) is 6.07 Å². The van der Waals surface area contributed by atoms with E-state index in [1.54, 1.807) is 18.7 Å². The average molecular weight is 317 g/mol. The molecule has 4 rings (SSSR count). The van der Waals surface area contributed by atoms with Crippen LogP contribution in [0.3, 0.4) is 0 Å². The van der Waals surface area contributed by atoms with E-state index in [0.717, 1.165) is 42.8 Å². The highest BCUT2D eigenvalue weighted by molar-refractivity contribution is 5.81. The summed E-state index contributed by atoms with van der Waals surface area (Å²) in [6, 6.07) is 8.35. The van der Waals surface area contributed by atoms with E-state index in [2.05, 4.69) is 47.9 Å². The van der Waals surface area contributed by atoms with Gasteiger partial charge in [0.25, 0.3) is 0 Å². The standard InChI is InChI=1S/C17H15N7/c18-10-16-17(21-4-3-20-16)24-7-5-23(6-8-24)14-1-2-15-13(9-14)11-19-12-22-15/h1-4,9,11-12H,5-8H2. The number of hydrogen-bond donors (Lipinski definition) is 0. The van der Waals surface area contributed by atoms with Crippen LogP contribution in [0.4, 0.5) is 11.5 Å². The summed E-state index contributed by atoms with van der Waals surface area (Å²) in [5.74, 6) is 0.673. The van der Waals surface area contributed by atoms with Crippen LogP contribution in [0.25, 0.3) is 10.9 Å². The van der Waals surface area contributed by atoms with Gasteiger partial charge in [-0.1, -0.05) is 0 Å². The molecule has 0 aliphatic carbocycles. The normalized spacial score (nSPS) is 14.6. The van der Waals surface area contributed by atoms with E-state index in [4.69, 9.17) is 0 Å². The molecule has 1 aliphatic rings. The van der Waals surface area contributed by atoms with Crippen molar-refractivity contribution in [3.63, 3.8) is 0 Å². The summed E-state index contributed by atoms with van der Waals surface area (Å²) in [4.78, 5) is 21.2. The maximum atomic E-state index is 9.18. The molecule has 24 heavy (non-hydrogen) atoms. The molecule has 0 radical (unpaired) electrons. The zero-order valence-corrected chi connectivity index (χ0v) is 13.0. The Morgan fingerprint density at radius 3 is 2.58 bits per heavy atom. The highest BCUT2D eigenvalue weighted by Crippen LogP contribution is 2.23. The van der Waals surface area contributed by atoms with E-state index in [-0.39, 0.29) is 0 Å². The van der Waals surface area contributed by atoms with Crippen LogP contribution in [-0.2, 0) is 0 Å². The molecule has 3 heterocycles. The van der Waals surface area contributed by atoms with Crippen LogP contribution in [0, 0.1) is 11.3 Å². The monoisotopic (exact) mass is 317 g/mol. The van der Waals surface area contributed by atoms with E-state index in [1.165, 1.54) is 0 Å². The smallest absolute Gasteiger partial charge is 0.183 e. The van der Waals surface area contributed by atoms with Gasteiger partial charge < -0.3 is 9.80 Å². The maximum Gasteiger partial charge on any atom is 0.183 e. The lowest BCUT2D eigenvalue weighted by Crippen LogP contribution is -2.47. The fourth-order valence-electron chi connectivity index (χ4n) is 2.99. The van der Waals surface area contributed by atoms with Crippen LogP contribution in [0.15, 0.2) is 43.1 Å². The Labute approximate surface area is 139 Å². The number of fused-ring (bicyclic) bond motifs is 1. The molecule has 0 saturated carbocycles. The van der Waals surface area contributed by atoms with Crippen LogP contribution in [0.1, 0.15) is 5.69 Å². The molecule has 0 atom stereocenters. The van der Waals surface area contributed by atoms with Gasteiger partial charge in [-0.15, -0.1) is 0 Å². The summed E-state index contributed by atoms with van der Waals surface area (Å²) in [5.41, 5.74) is 2.50. The SMILES string of the molecule is N#Cc1nccnc1N1CCN(c2ccc3ncncc3c2)CC1. The van der Waals surface area contributed by atoms with Gasteiger partial charge in [-0.05, 0) is 18.2 Å². The molecule has 7 nitrogen and oxygen atoms in total. The first-order chi connectivity index (χ1) is 11.8. The van der Waals surface area contributed by atoms with E-state index < -0.39 is 0 Å². The molecule has 2 aromatic heterocycles. The minimum atomic E-state index is 0.383. The molecule has 0 bridgehead atoms. The first-order valence-corrected chi connectivity index (χ1v) is 7.76. The van der Waals surface area contributed by atoms with Crippen molar-refractivity contribution in [1.29, 1.82) is 5.26 Å². The molecule has 0 N–H and O–H groups in total. The van der Waals surface area contributed by atoms with E-state index >= 15 is 0 Å². The summed E-state index contributed by atoms with van der Waals surface area (Å²) in [6.07, 6.45) is 6.58. The van der Waals surface area contributed by atoms with Gasteiger partial charge in [0, 0.05) is 55.8 Å². The van der Waals surface area contributed by atoms with E-state index in [9.17, 15) is 5.26 Å². The van der Waals surface area contributed by atoms with Crippen molar-refractivity contribution >= 4 is 22.4 Å². The zero-order chi connectivity index (χ0) is 16.4. The lowest BCUT2D eigenvalue weighted by molar-refractivity contribution is 0.645. The van der Waals surface area contributed by atoms with Gasteiger partial charge in [0.15, 0.2) is 11.5 Å². The highest BCUT2D eigenvalue weighted by atomic mass is 15.3. The van der Waals surface area contributed by atoms with Gasteiger partial charge in [-0.25, -0.2) is 19.9 Å². The summed E-state index contributed by atoms with van der Waals surface area (Å²) in [6.45, 7) is 3.33. The molecule has 1 aromatic carbocycles. The first-order valence-electron chi connectivity index (χ1n) is 7.76. The number of aromatic nitrogens is 4. The van der Waals surface area contributed by atoms with Crippen LogP contribution < -0.4 is 9.80 Å². The van der Waals surface area contributed by atoms with Gasteiger partial charge >= 0.3 is 0 Å². The number of hydrogen-bond acceptors (Lipinski definition) is 7. The number of piperazine rings is 1. The minimum Gasteiger partial charge on any atom is -0.368 e. The molecular formula is C17H15N7. The van der Waals surface area contributed by atoms with Gasteiger partial charge in [-0.3, -0.25) is 0 Å². The Morgan fingerprint density at radius 2 is 1.75 bits per heavy atom. The molecule has 7 heteroatoms. The molecule has 1 aliphatic heterocycles. The lowest BCUT2D eigenvalue weighted by atomic mass is 10.2. The van der Waals surface area contributed by atoms with Crippen molar-refractivity contribution < 1.29 is 0 Å². The van der Waals surface area contributed by atoms with Gasteiger partial charge in [0.05, 0.1) is 5.52 Å². The Bertz CT molecular complexity index is 910. The van der Waals surface area contributed by atoms with Crippen LogP contribution in [0.2, 0.25) is 0 Å². The predicted octanol–water partition coefficient (Wildman–Crippen LogP) is 1.62. The number of nitrogens with zero attached hydrogens (tertiary/aromatic N) is 7. The van der Waals surface area contributed by atoms with Gasteiger partial charge in [0.1, 0.15) is 12.4 Å². The molecule has 0 unspecified atom stereocenters. The number of rotatable bonds is 2. The fourth-order valence-corrected chi connectivity index (χ4v) is 2.99. The van der Waals surface area contributed by atoms with E-state index in [0.29, 0.717) is 11.5 Å². The summed E-state index contributed by atoms with van der Waals surface area (Å²) in [7, 11) is 0. The summed E-state index contributed by atoms with van der Waals surface area (Å²) < 4.78 is 0. The minimum absolute atomic E-state index is 0.383. The molecule has 3 aromatic rings. The number of nitriles is 1. The molecule has 118 valence electrons. The van der Waals surface area contributed by atoms with Crippen molar-refractivity contribution in [2.45, 2.75) is 0 Å². The van der Waals surface area contributed by atoms with Gasteiger partial charge in [0.2, 0.25) is 0 Å². The Balaban J connectivity index is 1.52. The molecule has 1 fully saturated rings. The molecule has 1 saturated heterocycles. The second kappa shape index (κ2) is 6.08. The largest absolute Gasteiger partial charge is 0.368 e. The fraction of sp³-hybridized carbons (Fsp3) is 0.235. The second-order valence-electron chi connectivity index (χ2n) is 5.58. The summed E-state index contributed by atoms with van der Waals surface area (Å²) >= 11 is 0. The van der Waals surface area contributed by atoms with Crippen molar-refractivity contribution in [3.05, 3.63) is 48.8 Å². The van der Waals surface area contributed by atoms with Crippen molar-refractivity contribution in [1.82, 2.24) is 19.9 Å². The van der Waals surface area contributed by atoms with Crippen LogP contribution in [-0.4, -0.2) is 46.1 Å². The number of benzene rings is 1. The Morgan fingerprint density at radius 1 is 0.958 bits per heavy atom. The van der Waals surface area contributed by atoms with Crippen LogP contribution in [0.5, 0.6) is 0 Å². The lowest BCUT2D eigenvalue weighted by Gasteiger charge is -2.36. The topological polar surface area (TPSA) is 81.8 Å². The van der Waals surface area contributed by atoms with Crippen molar-refractivity contribution in [2.24, 2.45) is 0 Å². The number of anilines is 2. The third-order valence-corrected chi connectivity index (χ3v) is 4.22. The third kappa shape index (κ3) is 2.58. The first kappa shape index (κ1) is 14.3. The molecular weight excluding hydrogens is 302 g/mol. The van der Waals surface area contributed by atoms with E-state index in [1.807, 2.05) is 12.3 Å². The zero-order valence-electron chi connectivity index (χ0n) is 13.0. The van der Waals surface area contributed by atoms with Crippen LogP contribution >= 0.6 is 0 Å². The third-order valence-electron chi connectivity index (χ3n) is 4.22. The van der Waals surface area contributed by atoms with Gasteiger partial charge in [-0.2, -0.15) is 5.26 Å². The molecule has 0 spiro atoms. The predicted molar refractivity (Wildman–Crippen MR) is 90.7 cm³/mol. The quantitative estimate of drug-likeness (QED) is 0.710. The Kier molecular flexibility index (Phi) is 3.63. The maximum absolute atomic E-state index is 9.18. The van der Waals surface area contributed by atoms with Crippen molar-refractivity contribution in [2.75, 3.05) is 36.0 Å². The second-order valence-corrected chi connectivity index (χ2v) is 5.58. The summed E-state index contributed by atoms with van der Waals surface area (Å²) in [5, 5.41) is 10.2.